The third-order valence-electron chi connectivity index (χ3n) is 3.76. The molecule has 0 saturated heterocycles. The summed E-state index contributed by atoms with van der Waals surface area (Å²) in [5, 5.41) is 3.44. The number of para-hydroxylation sites is 1. The van der Waals surface area contributed by atoms with E-state index in [9.17, 15) is 9.59 Å². The molecule has 1 heterocycles. The minimum atomic E-state index is -0.176. The first kappa shape index (κ1) is 15.9. The third-order valence-corrected chi connectivity index (χ3v) is 3.76. The van der Waals surface area contributed by atoms with Crippen molar-refractivity contribution >= 4 is 22.5 Å². The summed E-state index contributed by atoms with van der Waals surface area (Å²) in [5.74, 6) is 0.421. The molecule has 0 spiro atoms. The van der Waals surface area contributed by atoms with Crippen molar-refractivity contribution in [2.45, 2.75) is 26.7 Å². The quantitative estimate of drug-likeness (QED) is 0.775. The van der Waals surface area contributed by atoms with Crippen LogP contribution >= 0.6 is 0 Å². The summed E-state index contributed by atoms with van der Waals surface area (Å²) in [4.78, 5) is 31.3. The molecule has 2 aromatic carbocycles. The van der Waals surface area contributed by atoms with Crippen molar-refractivity contribution < 1.29 is 4.79 Å². The van der Waals surface area contributed by atoms with Crippen LogP contribution in [0.15, 0.2) is 47.3 Å². The number of benzene rings is 2. The standard InChI is InChI=1S/C19H19N3O2/c1-12-9-13(2)11-14(10-12)20-18(23)8-7-17-21-16-6-4-3-5-15(16)19(24)22-17/h3-6,9-11H,7-8H2,1-2H3,(H,20,23)(H,21,22,24). The van der Waals surface area contributed by atoms with Gasteiger partial charge in [0.15, 0.2) is 0 Å². The second-order valence-electron chi connectivity index (χ2n) is 5.95. The van der Waals surface area contributed by atoms with Crippen LogP contribution in [0, 0.1) is 13.8 Å². The predicted molar refractivity (Wildman–Crippen MR) is 95.2 cm³/mol. The van der Waals surface area contributed by atoms with Gasteiger partial charge in [-0.15, -0.1) is 0 Å². The second kappa shape index (κ2) is 6.66. The molecule has 0 aliphatic rings. The van der Waals surface area contributed by atoms with E-state index >= 15 is 0 Å². The molecule has 0 saturated carbocycles. The maximum atomic E-state index is 12.1. The Bertz CT molecular complexity index is 940. The number of hydrogen-bond donors (Lipinski definition) is 2. The molecule has 0 aliphatic carbocycles. The topological polar surface area (TPSA) is 74.8 Å². The lowest BCUT2D eigenvalue weighted by Gasteiger charge is -2.08. The minimum Gasteiger partial charge on any atom is -0.326 e. The van der Waals surface area contributed by atoms with E-state index in [1.54, 1.807) is 18.2 Å². The van der Waals surface area contributed by atoms with Crippen LogP contribution in [0.3, 0.4) is 0 Å². The molecule has 1 aromatic heterocycles. The minimum absolute atomic E-state index is 0.101. The van der Waals surface area contributed by atoms with Gasteiger partial charge in [-0.2, -0.15) is 0 Å². The molecule has 0 bridgehead atoms. The van der Waals surface area contributed by atoms with Crippen LogP contribution in [0.4, 0.5) is 5.69 Å². The molecule has 0 fully saturated rings. The molecule has 0 aliphatic heterocycles. The van der Waals surface area contributed by atoms with Gasteiger partial charge in [0.25, 0.3) is 5.56 Å². The Labute approximate surface area is 139 Å². The number of aryl methyl sites for hydroxylation is 3. The van der Waals surface area contributed by atoms with Crippen molar-refractivity contribution in [2.75, 3.05) is 5.32 Å². The van der Waals surface area contributed by atoms with Gasteiger partial charge in [0, 0.05) is 18.5 Å². The van der Waals surface area contributed by atoms with Crippen LogP contribution in [-0.4, -0.2) is 15.9 Å². The number of H-pyrrole nitrogens is 1. The lowest BCUT2D eigenvalue weighted by molar-refractivity contribution is -0.116. The molecule has 2 N–H and O–H groups in total. The van der Waals surface area contributed by atoms with Crippen molar-refractivity contribution in [2.24, 2.45) is 0 Å². The average molecular weight is 321 g/mol. The van der Waals surface area contributed by atoms with Gasteiger partial charge in [0.05, 0.1) is 10.9 Å². The number of nitrogens with one attached hydrogen (secondary N) is 2. The van der Waals surface area contributed by atoms with E-state index in [0.717, 1.165) is 16.8 Å². The van der Waals surface area contributed by atoms with E-state index in [2.05, 4.69) is 21.4 Å². The SMILES string of the molecule is Cc1cc(C)cc(NC(=O)CCc2nc3ccccc3c(=O)[nH]2)c1. The monoisotopic (exact) mass is 321 g/mol. The molecule has 0 atom stereocenters. The summed E-state index contributed by atoms with van der Waals surface area (Å²) in [6.07, 6.45) is 0.644. The van der Waals surface area contributed by atoms with Crippen molar-refractivity contribution in [3.05, 3.63) is 69.8 Å². The van der Waals surface area contributed by atoms with Gasteiger partial charge >= 0.3 is 0 Å². The zero-order valence-electron chi connectivity index (χ0n) is 13.7. The molecule has 122 valence electrons. The van der Waals surface area contributed by atoms with Gasteiger partial charge in [-0.3, -0.25) is 9.59 Å². The Morgan fingerprint density at radius 2 is 1.83 bits per heavy atom. The molecule has 1 amide bonds. The van der Waals surface area contributed by atoms with Crippen LogP contribution in [-0.2, 0) is 11.2 Å². The zero-order valence-corrected chi connectivity index (χ0v) is 13.7. The fraction of sp³-hybridized carbons (Fsp3) is 0.211. The van der Waals surface area contributed by atoms with Gasteiger partial charge < -0.3 is 10.3 Å². The van der Waals surface area contributed by atoms with Gasteiger partial charge in [-0.25, -0.2) is 4.98 Å². The highest BCUT2D eigenvalue weighted by Crippen LogP contribution is 2.14. The van der Waals surface area contributed by atoms with Crippen molar-refractivity contribution in [1.29, 1.82) is 0 Å². The summed E-state index contributed by atoms with van der Waals surface area (Å²) in [7, 11) is 0. The molecule has 3 rings (SSSR count). The van der Waals surface area contributed by atoms with E-state index in [1.165, 1.54) is 0 Å². The lowest BCUT2D eigenvalue weighted by atomic mass is 10.1. The van der Waals surface area contributed by atoms with E-state index in [1.807, 2.05) is 32.0 Å². The van der Waals surface area contributed by atoms with Crippen LogP contribution in [0.25, 0.3) is 10.9 Å². The number of aromatic amines is 1. The summed E-state index contributed by atoms with van der Waals surface area (Å²) in [6, 6.07) is 13.1. The second-order valence-corrected chi connectivity index (χ2v) is 5.95. The van der Waals surface area contributed by atoms with Crippen LogP contribution in [0.2, 0.25) is 0 Å². The first-order valence-corrected chi connectivity index (χ1v) is 7.87. The third kappa shape index (κ3) is 3.68. The highest BCUT2D eigenvalue weighted by Gasteiger charge is 2.07. The highest BCUT2D eigenvalue weighted by molar-refractivity contribution is 5.91. The number of nitrogens with zero attached hydrogens (tertiary/aromatic N) is 1. The Kier molecular flexibility index (Phi) is 4.42. The van der Waals surface area contributed by atoms with Crippen molar-refractivity contribution in [3.63, 3.8) is 0 Å². The number of aromatic nitrogens is 2. The first-order valence-electron chi connectivity index (χ1n) is 7.87. The molecule has 0 radical (unpaired) electrons. The Morgan fingerprint density at radius 1 is 1.12 bits per heavy atom. The summed E-state index contributed by atoms with van der Waals surface area (Å²) in [6.45, 7) is 3.98. The summed E-state index contributed by atoms with van der Waals surface area (Å²) < 4.78 is 0. The van der Waals surface area contributed by atoms with Gasteiger partial charge in [-0.1, -0.05) is 18.2 Å². The maximum Gasteiger partial charge on any atom is 0.258 e. The average Bonchev–Trinajstić information content (AvgIpc) is 2.52. The number of rotatable bonds is 4. The van der Waals surface area contributed by atoms with E-state index in [0.29, 0.717) is 23.1 Å². The van der Waals surface area contributed by atoms with E-state index < -0.39 is 0 Å². The lowest BCUT2D eigenvalue weighted by Crippen LogP contribution is -2.16. The highest BCUT2D eigenvalue weighted by atomic mass is 16.1. The van der Waals surface area contributed by atoms with Gasteiger partial charge in [0.2, 0.25) is 5.91 Å². The number of fused-ring (bicyclic) bond motifs is 1. The number of amides is 1. The van der Waals surface area contributed by atoms with E-state index in [-0.39, 0.29) is 17.9 Å². The van der Waals surface area contributed by atoms with Crippen molar-refractivity contribution in [3.8, 4) is 0 Å². The van der Waals surface area contributed by atoms with E-state index in [4.69, 9.17) is 0 Å². The normalized spacial score (nSPS) is 10.8. The Hall–Kier alpha value is -2.95. The van der Waals surface area contributed by atoms with Crippen LogP contribution in [0.5, 0.6) is 0 Å². The van der Waals surface area contributed by atoms with Crippen LogP contribution in [0.1, 0.15) is 23.4 Å². The Balaban J connectivity index is 1.69. The molecular formula is C19H19N3O2. The number of hydrogen-bond acceptors (Lipinski definition) is 3. The number of carbonyl (C=O) groups excluding carboxylic acids is 1. The molecule has 24 heavy (non-hydrogen) atoms. The molecule has 3 aromatic rings. The summed E-state index contributed by atoms with van der Waals surface area (Å²) in [5.41, 5.74) is 3.46. The number of carbonyl (C=O) groups is 1. The molecular weight excluding hydrogens is 302 g/mol. The van der Waals surface area contributed by atoms with Crippen molar-refractivity contribution in [1.82, 2.24) is 9.97 Å². The molecule has 5 heteroatoms. The fourth-order valence-corrected chi connectivity index (χ4v) is 2.76. The fourth-order valence-electron chi connectivity index (χ4n) is 2.76. The zero-order chi connectivity index (χ0) is 17.1. The predicted octanol–water partition coefficient (Wildman–Crippen LogP) is 3.11. The largest absolute Gasteiger partial charge is 0.326 e. The van der Waals surface area contributed by atoms with Gasteiger partial charge in [0.1, 0.15) is 5.82 Å². The number of anilines is 1. The smallest absolute Gasteiger partial charge is 0.258 e. The summed E-state index contributed by atoms with van der Waals surface area (Å²) >= 11 is 0. The molecule has 0 unspecified atom stereocenters. The van der Waals surface area contributed by atoms with Gasteiger partial charge in [-0.05, 0) is 49.2 Å². The Morgan fingerprint density at radius 3 is 2.58 bits per heavy atom. The molecule has 5 nitrogen and oxygen atoms in total. The maximum absolute atomic E-state index is 12.1. The first-order chi connectivity index (χ1) is 11.5. The van der Waals surface area contributed by atoms with Crippen LogP contribution < -0.4 is 10.9 Å².